The first kappa shape index (κ1) is 20.3. The van der Waals surface area contributed by atoms with Crippen molar-refractivity contribution in [3.05, 3.63) is 79.6 Å². The first-order valence-electron chi connectivity index (χ1n) is 8.47. The number of amides is 1. The lowest BCUT2D eigenvalue weighted by Gasteiger charge is -2.14. The minimum Gasteiger partial charge on any atom is -0.457 e. The first-order chi connectivity index (χ1) is 14.2. The van der Waals surface area contributed by atoms with E-state index in [9.17, 15) is 23.3 Å². The smallest absolute Gasteiger partial charge is 0.270 e. The quantitative estimate of drug-likeness (QED) is 0.286. The molecule has 0 spiro atoms. The Morgan fingerprint density at radius 3 is 2.77 bits per heavy atom. The van der Waals surface area contributed by atoms with E-state index in [0.29, 0.717) is 22.0 Å². The number of nitrogens with zero attached hydrogens (tertiary/aromatic N) is 2. The zero-order chi connectivity index (χ0) is 21.5. The van der Waals surface area contributed by atoms with Crippen LogP contribution in [0.25, 0.3) is 17.4 Å². The molecule has 0 N–H and O–H groups in total. The third kappa shape index (κ3) is 3.86. The summed E-state index contributed by atoms with van der Waals surface area (Å²) < 4.78 is 29.8. The van der Waals surface area contributed by atoms with Crippen LogP contribution in [-0.4, -0.2) is 35.0 Å². The molecule has 3 heterocycles. The maximum absolute atomic E-state index is 12.7. The number of hydrogen-bond acceptors (Lipinski definition) is 8. The highest BCUT2D eigenvalue weighted by molar-refractivity contribution is 8.26. The lowest BCUT2D eigenvalue weighted by Crippen LogP contribution is -2.31. The van der Waals surface area contributed by atoms with Crippen molar-refractivity contribution in [3.63, 3.8) is 0 Å². The van der Waals surface area contributed by atoms with Crippen LogP contribution < -0.4 is 0 Å². The van der Waals surface area contributed by atoms with Crippen LogP contribution in [0.2, 0.25) is 0 Å². The molecule has 8 nitrogen and oxygen atoms in total. The minimum absolute atomic E-state index is 0.0584. The average Bonchev–Trinajstić information content (AvgIpc) is 3.37. The Labute approximate surface area is 180 Å². The topological polar surface area (TPSA) is 111 Å². The predicted octanol–water partition coefficient (Wildman–Crippen LogP) is 3.88. The molecule has 1 amide bonds. The Morgan fingerprint density at radius 2 is 2.07 bits per heavy atom. The summed E-state index contributed by atoms with van der Waals surface area (Å²) in [5.74, 6) is 0.362. The molecule has 152 valence electrons. The molecule has 0 atom stereocenters. The van der Waals surface area contributed by atoms with Gasteiger partial charge < -0.3 is 4.42 Å². The lowest BCUT2D eigenvalue weighted by atomic mass is 10.1. The van der Waals surface area contributed by atoms with Crippen LogP contribution >= 0.6 is 24.0 Å². The molecule has 2 aromatic rings. The van der Waals surface area contributed by atoms with Crippen LogP contribution in [0.3, 0.4) is 0 Å². The van der Waals surface area contributed by atoms with Crippen LogP contribution in [0.1, 0.15) is 5.76 Å². The highest BCUT2D eigenvalue weighted by Gasteiger charge is 2.35. The van der Waals surface area contributed by atoms with Crippen LogP contribution in [0.4, 0.5) is 5.69 Å². The minimum atomic E-state index is -3.50. The predicted molar refractivity (Wildman–Crippen MR) is 117 cm³/mol. The Balaban J connectivity index is 1.55. The van der Waals surface area contributed by atoms with Gasteiger partial charge in [-0.3, -0.25) is 19.8 Å². The summed E-state index contributed by atoms with van der Waals surface area (Å²) in [5.41, 5.74) is 0.472. The van der Waals surface area contributed by atoms with E-state index in [4.69, 9.17) is 16.6 Å². The van der Waals surface area contributed by atoms with E-state index < -0.39 is 20.7 Å². The molecule has 0 bridgehead atoms. The van der Waals surface area contributed by atoms with Crippen LogP contribution in [-0.2, 0) is 14.6 Å². The van der Waals surface area contributed by atoms with Gasteiger partial charge in [-0.05, 0) is 24.3 Å². The number of carbonyl (C=O) groups excluding carboxylic acids is 1. The molecule has 1 fully saturated rings. The Hall–Kier alpha value is -3.02. The Bertz CT molecular complexity index is 1290. The Kier molecular flexibility index (Phi) is 5.18. The van der Waals surface area contributed by atoms with E-state index in [0.717, 1.165) is 17.2 Å². The largest absolute Gasteiger partial charge is 0.457 e. The van der Waals surface area contributed by atoms with E-state index in [-0.39, 0.29) is 21.5 Å². The fourth-order valence-corrected chi connectivity index (χ4v) is 5.13. The second-order valence-electron chi connectivity index (χ2n) is 6.28. The average molecular weight is 461 g/mol. The number of furan rings is 1. The van der Waals surface area contributed by atoms with Crippen molar-refractivity contribution in [3.8, 4) is 11.3 Å². The number of allylic oxidation sites excluding steroid dienone is 2. The first-order valence-corrected chi connectivity index (χ1v) is 11.2. The highest BCUT2D eigenvalue weighted by Crippen LogP contribution is 2.35. The molecule has 0 unspecified atom stereocenters. The van der Waals surface area contributed by atoms with Crippen molar-refractivity contribution in [2.45, 2.75) is 0 Å². The monoisotopic (exact) mass is 460 g/mol. The maximum atomic E-state index is 12.7. The van der Waals surface area contributed by atoms with Crippen molar-refractivity contribution >= 4 is 55.8 Å². The molecule has 30 heavy (non-hydrogen) atoms. The number of nitro benzene ring substituents is 1. The fraction of sp³-hybridized carbons (Fsp3) is 0.0526. The zero-order valence-corrected chi connectivity index (χ0v) is 17.5. The van der Waals surface area contributed by atoms with Crippen LogP contribution in [0, 0.1) is 10.1 Å². The number of thiocarbonyl (C=S) groups is 1. The van der Waals surface area contributed by atoms with Gasteiger partial charge in [0.05, 0.1) is 21.3 Å². The molecule has 1 aromatic heterocycles. The van der Waals surface area contributed by atoms with Gasteiger partial charge >= 0.3 is 0 Å². The molecule has 0 aliphatic carbocycles. The normalized spacial score (nSPS) is 19.0. The van der Waals surface area contributed by atoms with Crippen molar-refractivity contribution in [2.24, 2.45) is 0 Å². The summed E-state index contributed by atoms with van der Waals surface area (Å²) in [6, 6.07) is 9.29. The SMILES string of the molecule is O=C1/C(=C\c2ccc(-c3cccc([N+](=O)[O-])c3)o2)SC(=S)N1CC1=CC=CS1(=O)=O. The number of hydrogen-bond donors (Lipinski definition) is 0. The molecule has 11 heteroatoms. The van der Waals surface area contributed by atoms with E-state index in [1.807, 2.05) is 0 Å². The molecule has 2 aliphatic heterocycles. The van der Waals surface area contributed by atoms with Crippen LogP contribution in [0.5, 0.6) is 0 Å². The van der Waals surface area contributed by atoms with Gasteiger partial charge in [0.25, 0.3) is 11.6 Å². The van der Waals surface area contributed by atoms with Gasteiger partial charge in [0.2, 0.25) is 0 Å². The summed E-state index contributed by atoms with van der Waals surface area (Å²) >= 11 is 6.28. The molecule has 1 saturated heterocycles. The van der Waals surface area contributed by atoms with Gasteiger partial charge in [-0.25, -0.2) is 8.42 Å². The number of rotatable bonds is 5. The van der Waals surface area contributed by atoms with Crippen molar-refractivity contribution in [1.82, 2.24) is 4.90 Å². The number of benzene rings is 1. The summed E-state index contributed by atoms with van der Waals surface area (Å²) in [6.45, 7) is -0.131. The summed E-state index contributed by atoms with van der Waals surface area (Å²) in [6.07, 6.45) is 4.36. The standard InChI is InChI=1S/C19H12N2O6S3/c22-18-17(29-19(28)20(18)11-15-5-2-8-30(15,25)26)10-14-6-7-16(27-14)12-3-1-4-13(9-12)21(23)24/h1-10H,11H2/b17-10+. The molecular weight excluding hydrogens is 448 g/mol. The molecule has 2 aliphatic rings. The number of non-ortho nitro benzene ring substituents is 1. The molecule has 4 rings (SSSR count). The van der Waals surface area contributed by atoms with Gasteiger partial charge in [0.1, 0.15) is 15.8 Å². The van der Waals surface area contributed by atoms with Gasteiger partial charge in [-0.1, -0.05) is 36.1 Å². The molecule has 0 saturated carbocycles. The molecular formula is C19H12N2O6S3. The summed E-state index contributed by atoms with van der Waals surface area (Å²) in [5, 5.41) is 12.0. The fourth-order valence-electron chi connectivity index (χ4n) is 2.85. The second-order valence-corrected chi connectivity index (χ2v) is 9.85. The number of sulfone groups is 1. The lowest BCUT2D eigenvalue weighted by molar-refractivity contribution is -0.384. The number of thioether (sulfide) groups is 1. The second kappa shape index (κ2) is 7.67. The van der Waals surface area contributed by atoms with Crippen molar-refractivity contribution in [2.75, 3.05) is 6.54 Å². The molecule has 0 radical (unpaired) electrons. The van der Waals surface area contributed by atoms with Crippen molar-refractivity contribution in [1.29, 1.82) is 0 Å². The Morgan fingerprint density at radius 1 is 1.27 bits per heavy atom. The van der Waals surface area contributed by atoms with Crippen molar-refractivity contribution < 1.29 is 22.6 Å². The van der Waals surface area contributed by atoms with E-state index in [1.54, 1.807) is 24.3 Å². The van der Waals surface area contributed by atoms with Gasteiger partial charge in [0.15, 0.2) is 9.84 Å². The summed E-state index contributed by atoms with van der Waals surface area (Å²) in [4.78, 5) is 24.8. The van der Waals surface area contributed by atoms with Gasteiger partial charge in [-0.15, -0.1) is 0 Å². The van der Waals surface area contributed by atoms with E-state index in [2.05, 4.69) is 0 Å². The maximum Gasteiger partial charge on any atom is 0.270 e. The van der Waals surface area contributed by atoms with E-state index >= 15 is 0 Å². The van der Waals surface area contributed by atoms with Gasteiger partial charge in [0, 0.05) is 29.2 Å². The third-order valence-corrected chi connectivity index (χ3v) is 7.22. The highest BCUT2D eigenvalue weighted by atomic mass is 32.2. The van der Waals surface area contributed by atoms with Gasteiger partial charge in [-0.2, -0.15) is 0 Å². The number of carbonyl (C=O) groups is 1. The number of nitro groups is 1. The summed E-state index contributed by atoms with van der Waals surface area (Å²) in [7, 11) is -3.50. The zero-order valence-electron chi connectivity index (χ0n) is 15.0. The van der Waals surface area contributed by atoms with E-state index in [1.165, 1.54) is 35.3 Å². The molecule has 1 aromatic carbocycles. The van der Waals surface area contributed by atoms with Crippen LogP contribution in [0.15, 0.2) is 68.2 Å². The third-order valence-electron chi connectivity index (χ3n) is 4.33.